The molecule has 0 radical (unpaired) electrons. The second-order valence-corrected chi connectivity index (χ2v) is 4.57. The van der Waals surface area contributed by atoms with Gasteiger partial charge in [-0.1, -0.05) is 17.7 Å². The van der Waals surface area contributed by atoms with Gasteiger partial charge in [0.25, 0.3) is 0 Å². The molecule has 1 aliphatic heterocycles. The SMILES string of the molecule is Fc1ccc2c(c1)N(c1nc(Cl)nnc1Cl)CC2. The summed E-state index contributed by atoms with van der Waals surface area (Å²) in [7, 11) is 0. The van der Waals surface area contributed by atoms with E-state index in [0.717, 1.165) is 17.7 Å². The maximum Gasteiger partial charge on any atom is 0.245 e. The van der Waals surface area contributed by atoms with Crippen molar-refractivity contribution in [3.8, 4) is 0 Å². The van der Waals surface area contributed by atoms with Crippen LogP contribution >= 0.6 is 23.2 Å². The molecular weight excluding hydrogens is 278 g/mol. The molecule has 2 heterocycles. The third-order valence-corrected chi connectivity index (χ3v) is 3.21. The summed E-state index contributed by atoms with van der Waals surface area (Å²) in [5.74, 6) is 0.103. The fourth-order valence-corrected chi connectivity index (χ4v) is 2.33. The minimum absolute atomic E-state index is 0.0132. The first kappa shape index (κ1) is 11.6. The minimum Gasteiger partial charge on any atom is -0.323 e. The average Bonchev–Trinajstić information content (AvgIpc) is 2.75. The molecule has 1 aromatic carbocycles. The van der Waals surface area contributed by atoms with Gasteiger partial charge in [0.1, 0.15) is 5.82 Å². The first-order valence-corrected chi connectivity index (χ1v) is 6.02. The van der Waals surface area contributed by atoms with Crippen LogP contribution in [0.5, 0.6) is 0 Å². The highest BCUT2D eigenvalue weighted by molar-refractivity contribution is 6.32. The van der Waals surface area contributed by atoms with Crippen LogP contribution in [0, 0.1) is 5.82 Å². The molecule has 0 aliphatic carbocycles. The van der Waals surface area contributed by atoms with Gasteiger partial charge in [-0.2, -0.15) is 4.98 Å². The molecule has 18 heavy (non-hydrogen) atoms. The van der Waals surface area contributed by atoms with Crippen LogP contribution in [-0.2, 0) is 6.42 Å². The summed E-state index contributed by atoms with van der Waals surface area (Å²) in [5, 5.41) is 7.42. The highest BCUT2D eigenvalue weighted by Gasteiger charge is 2.24. The average molecular weight is 285 g/mol. The molecule has 1 aliphatic rings. The van der Waals surface area contributed by atoms with Crippen molar-refractivity contribution < 1.29 is 4.39 Å². The Bertz CT molecular complexity index is 620. The molecule has 0 unspecified atom stereocenters. The van der Waals surface area contributed by atoms with Gasteiger partial charge < -0.3 is 4.90 Å². The summed E-state index contributed by atoms with van der Waals surface area (Å²) in [5.41, 5.74) is 1.79. The highest BCUT2D eigenvalue weighted by Crippen LogP contribution is 2.36. The lowest BCUT2D eigenvalue weighted by Gasteiger charge is -2.18. The largest absolute Gasteiger partial charge is 0.323 e. The van der Waals surface area contributed by atoms with Crippen molar-refractivity contribution in [3.63, 3.8) is 0 Å². The number of halogens is 3. The molecule has 0 bridgehead atoms. The van der Waals surface area contributed by atoms with E-state index in [1.807, 2.05) is 0 Å². The zero-order chi connectivity index (χ0) is 12.7. The first-order chi connectivity index (χ1) is 8.65. The number of aromatic nitrogens is 3. The Morgan fingerprint density at radius 3 is 2.89 bits per heavy atom. The molecule has 2 aromatic rings. The molecule has 0 saturated heterocycles. The molecular formula is C11H7Cl2FN4. The topological polar surface area (TPSA) is 41.9 Å². The third kappa shape index (κ3) is 1.89. The number of hydrogen-bond donors (Lipinski definition) is 0. The van der Waals surface area contributed by atoms with Crippen molar-refractivity contribution in [2.75, 3.05) is 11.4 Å². The highest BCUT2D eigenvalue weighted by atomic mass is 35.5. The van der Waals surface area contributed by atoms with E-state index in [2.05, 4.69) is 15.2 Å². The zero-order valence-corrected chi connectivity index (χ0v) is 10.6. The third-order valence-electron chi connectivity index (χ3n) is 2.80. The van der Waals surface area contributed by atoms with Gasteiger partial charge in [-0.3, -0.25) is 0 Å². The summed E-state index contributed by atoms with van der Waals surface area (Å²) in [6.07, 6.45) is 0.799. The smallest absolute Gasteiger partial charge is 0.245 e. The van der Waals surface area contributed by atoms with Crippen LogP contribution in [0.4, 0.5) is 15.9 Å². The van der Waals surface area contributed by atoms with Crippen LogP contribution in [0.15, 0.2) is 18.2 Å². The van der Waals surface area contributed by atoms with Gasteiger partial charge >= 0.3 is 0 Å². The molecule has 92 valence electrons. The van der Waals surface area contributed by atoms with Gasteiger partial charge in [0.2, 0.25) is 5.28 Å². The quantitative estimate of drug-likeness (QED) is 0.807. The van der Waals surface area contributed by atoms with Crippen LogP contribution in [-0.4, -0.2) is 21.7 Å². The monoisotopic (exact) mass is 284 g/mol. The van der Waals surface area contributed by atoms with Crippen molar-refractivity contribution in [1.29, 1.82) is 0 Å². The number of rotatable bonds is 1. The summed E-state index contributed by atoms with van der Waals surface area (Å²) in [6.45, 7) is 0.660. The maximum atomic E-state index is 13.3. The van der Waals surface area contributed by atoms with Gasteiger partial charge in [0.15, 0.2) is 11.0 Å². The first-order valence-electron chi connectivity index (χ1n) is 5.27. The normalized spacial score (nSPS) is 13.8. The van der Waals surface area contributed by atoms with E-state index in [1.54, 1.807) is 11.0 Å². The van der Waals surface area contributed by atoms with E-state index in [1.165, 1.54) is 12.1 Å². The van der Waals surface area contributed by atoms with Crippen molar-refractivity contribution in [3.05, 3.63) is 40.0 Å². The fraction of sp³-hybridized carbons (Fsp3) is 0.182. The van der Waals surface area contributed by atoms with Crippen LogP contribution in [0.3, 0.4) is 0 Å². The van der Waals surface area contributed by atoms with E-state index in [-0.39, 0.29) is 16.3 Å². The number of benzene rings is 1. The standard InChI is InChI=1S/C11H7Cl2FN4/c12-9-10(15-11(13)17-16-9)18-4-3-6-1-2-7(14)5-8(6)18/h1-2,5H,3-4H2. The van der Waals surface area contributed by atoms with E-state index in [9.17, 15) is 4.39 Å². The number of fused-ring (bicyclic) bond motifs is 1. The molecule has 7 heteroatoms. The fourth-order valence-electron chi connectivity index (χ4n) is 2.03. The molecule has 0 spiro atoms. The molecule has 4 nitrogen and oxygen atoms in total. The predicted molar refractivity (Wildman–Crippen MR) is 67.0 cm³/mol. The van der Waals surface area contributed by atoms with Crippen LogP contribution < -0.4 is 4.90 Å². The number of anilines is 2. The van der Waals surface area contributed by atoms with Crippen LogP contribution in [0.1, 0.15) is 5.56 Å². The van der Waals surface area contributed by atoms with Gasteiger partial charge in [0.05, 0.1) is 0 Å². The Hall–Kier alpha value is -1.46. The molecule has 1 aromatic heterocycles. The van der Waals surface area contributed by atoms with Crippen molar-refractivity contribution >= 4 is 34.7 Å². The minimum atomic E-state index is -0.301. The van der Waals surface area contributed by atoms with Crippen molar-refractivity contribution in [1.82, 2.24) is 15.2 Å². The van der Waals surface area contributed by atoms with Crippen LogP contribution in [0.2, 0.25) is 10.4 Å². The molecule has 0 saturated carbocycles. The van der Waals surface area contributed by atoms with Crippen LogP contribution in [0.25, 0.3) is 0 Å². The van der Waals surface area contributed by atoms with E-state index in [0.29, 0.717) is 12.4 Å². The number of hydrogen-bond acceptors (Lipinski definition) is 4. The van der Waals surface area contributed by atoms with E-state index >= 15 is 0 Å². The lowest BCUT2D eigenvalue weighted by molar-refractivity contribution is 0.628. The number of nitrogens with zero attached hydrogens (tertiary/aromatic N) is 4. The van der Waals surface area contributed by atoms with Gasteiger partial charge in [-0.15, -0.1) is 10.2 Å². The maximum absolute atomic E-state index is 13.3. The van der Waals surface area contributed by atoms with Crippen molar-refractivity contribution in [2.24, 2.45) is 0 Å². The second kappa shape index (κ2) is 4.33. The zero-order valence-electron chi connectivity index (χ0n) is 9.07. The molecule has 0 fully saturated rings. The summed E-state index contributed by atoms with van der Waals surface area (Å²) >= 11 is 11.7. The molecule has 0 atom stereocenters. The van der Waals surface area contributed by atoms with E-state index < -0.39 is 0 Å². The summed E-state index contributed by atoms with van der Waals surface area (Å²) in [4.78, 5) is 5.84. The lowest BCUT2D eigenvalue weighted by Crippen LogP contribution is -2.16. The Morgan fingerprint density at radius 1 is 1.22 bits per heavy atom. The molecule has 0 N–H and O–H groups in total. The predicted octanol–water partition coefficient (Wildman–Crippen LogP) is 3.01. The van der Waals surface area contributed by atoms with E-state index in [4.69, 9.17) is 23.2 Å². The Balaban J connectivity index is 2.11. The molecule has 0 amide bonds. The van der Waals surface area contributed by atoms with Gasteiger partial charge in [-0.25, -0.2) is 4.39 Å². The molecule has 3 rings (SSSR count). The Kier molecular flexibility index (Phi) is 2.80. The Morgan fingerprint density at radius 2 is 2.06 bits per heavy atom. The van der Waals surface area contributed by atoms with Gasteiger partial charge in [0, 0.05) is 12.2 Å². The Labute approximate surface area is 112 Å². The second-order valence-electron chi connectivity index (χ2n) is 3.87. The van der Waals surface area contributed by atoms with Gasteiger partial charge in [-0.05, 0) is 35.7 Å². The lowest BCUT2D eigenvalue weighted by atomic mass is 10.2. The summed E-state index contributed by atoms with van der Waals surface area (Å²) in [6, 6.07) is 4.65. The van der Waals surface area contributed by atoms with Crippen molar-refractivity contribution in [2.45, 2.75) is 6.42 Å². The summed E-state index contributed by atoms with van der Waals surface area (Å²) < 4.78 is 13.3.